The summed E-state index contributed by atoms with van der Waals surface area (Å²) < 4.78 is 37.6. The van der Waals surface area contributed by atoms with Crippen LogP contribution in [0.4, 0.5) is 13.2 Å². The minimum absolute atomic E-state index is 0.0175. The zero-order valence-electron chi connectivity index (χ0n) is 7.38. The molecule has 1 aromatic rings. The van der Waals surface area contributed by atoms with Crippen molar-refractivity contribution in [3.63, 3.8) is 0 Å². The molecule has 78 valence electrons. The summed E-state index contributed by atoms with van der Waals surface area (Å²) in [6.45, 7) is 0.0175. The van der Waals surface area contributed by atoms with Crippen LogP contribution < -0.4 is 11.5 Å². The van der Waals surface area contributed by atoms with Crippen LogP contribution in [0, 0.1) is 5.82 Å². The molecule has 0 heterocycles. The Morgan fingerprint density at radius 2 is 1.93 bits per heavy atom. The van der Waals surface area contributed by atoms with E-state index in [1.54, 1.807) is 0 Å². The molecule has 0 aromatic heterocycles. The van der Waals surface area contributed by atoms with Crippen LogP contribution in [0.3, 0.4) is 0 Å². The van der Waals surface area contributed by atoms with E-state index < -0.39 is 18.3 Å². The molecule has 2 nitrogen and oxygen atoms in total. The van der Waals surface area contributed by atoms with Crippen LogP contribution in [0.25, 0.3) is 0 Å². The first kappa shape index (κ1) is 11.0. The number of halogens is 3. The lowest BCUT2D eigenvalue weighted by atomic mass is 10.0. The summed E-state index contributed by atoms with van der Waals surface area (Å²) in [4.78, 5) is 0. The highest BCUT2D eigenvalue weighted by molar-refractivity contribution is 5.28. The maximum Gasteiger partial charge on any atom is 0.263 e. The first-order valence-corrected chi connectivity index (χ1v) is 4.09. The molecule has 0 aliphatic heterocycles. The standard InChI is InChI=1S/C9H11F3N2/c10-7-2-1-5(9(11)12)3-6(7)8(14)4-13/h1-3,8-9H,4,13-14H2. The Morgan fingerprint density at radius 3 is 2.43 bits per heavy atom. The number of nitrogens with two attached hydrogens (primary N) is 2. The molecule has 0 fully saturated rings. The van der Waals surface area contributed by atoms with Crippen molar-refractivity contribution >= 4 is 0 Å². The van der Waals surface area contributed by atoms with Crippen molar-refractivity contribution in [2.45, 2.75) is 12.5 Å². The first-order chi connectivity index (χ1) is 6.56. The summed E-state index contributed by atoms with van der Waals surface area (Å²) in [5, 5.41) is 0. The maximum atomic E-state index is 13.1. The zero-order valence-corrected chi connectivity index (χ0v) is 7.38. The predicted octanol–water partition coefficient (Wildman–Crippen LogP) is 1.72. The summed E-state index contributed by atoms with van der Waals surface area (Å²) in [5.41, 5.74) is 10.5. The van der Waals surface area contributed by atoms with Gasteiger partial charge in [0.05, 0.1) is 0 Å². The lowest BCUT2D eigenvalue weighted by molar-refractivity contribution is 0.151. The second-order valence-corrected chi connectivity index (χ2v) is 2.92. The first-order valence-electron chi connectivity index (χ1n) is 4.09. The summed E-state index contributed by atoms with van der Waals surface area (Å²) in [5.74, 6) is -0.604. The van der Waals surface area contributed by atoms with Crippen molar-refractivity contribution in [2.75, 3.05) is 6.54 Å². The minimum Gasteiger partial charge on any atom is -0.329 e. The van der Waals surface area contributed by atoms with Crippen LogP contribution in [0.5, 0.6) is 0 Å². The molecule has 1 unspecified atom stereocenters. The Hall–Kier alpha value is -1.07. The van der Waals surface area contributed by atoms with Gasteiger partial charge in [-0.3, -0.25) is 0 Å². The SMILES string of the molecule is NCC(N)c1cc(C(F)F)ccc1F. The van der Waals surface area contributed by atoms with Gasteiger partial charge in [-0.25, -0.2) is 13.2 Å². The molecule has 0 saturated heterocycles. The molecule has 0 aliphatic rings. The average molecular weight is 204 g/mol. The van der Waals surface area contributed by atoms with Gasteiger partial charge in [-0.2, -0.15) is 0 Å². The van der Waals surface area contributed by atoms with Gasteiger partial charge in [-0.15, -0.1) is 0 Å². The number of alkyl halides is 2. The van der Waals surface area contributed by atoms with Gasteiger partial charge < -0.3 is 11.5 Å². The summed E-state index contributed by atoms with van der Waals surface area (Å²) in [6, 6.07) is 2.32. The fourth-order valence-electron chi connectivity index (χ4n) is 1.11. The molecule has 0 bridgehead atoms. The van der Waals surface area contributed by atoms with Crippen LogP contribution in [0.15, 0.2) is 18.2 Å². The van der Waals surface area contributed by atoms with E-state index in [1.807, 2.05) is 0 Å². The van der Waals surface area contributed by atoms with Crippen molar-refractivity contribution < 1.29 is 13.2 Å². The summed E-state index contributed by atoms with van der Waals surface area (Å²) >= 11 is 0. The number of hydrogen-bond donors (Lipinski definition) is 2. The van der Waals surface area contributed by atoms with Crippen LogP contribution in [-0.2, 0) is 0 Å². The molecule has 0 saturated carbocycles. The molecule has 0 spiro atoms. The van der Waals surface area contributed by atoms with Gasteiger partial charge in [-0.05, 0) is 12.1 Å². The third-order valence-corrected chi connectivity index (χ3v) is 1.93. The fraction of sp³-hybridized carbons (Fsp3) is 0.333. The highest BCUT2D eigenvalue weighted by atomic mass is 19.3. The number of benzene rings is 1. The molecule has 4 N–H and O–H groups in total. The van der Waals surface area contributed by atoms with E-state index in [2.05, 4.69) is 0 Å². The number of rotatable bonds is 3. The second kappa shape index (κ2) is 4.43. The van der Waals surface area contributed by atoms with Crippen LogP contribution in [-0.4, -0.2) is 6.54 Å². The van der Waals surface area contributed by atoms with Gasteiger partial charge in [0.1, 0.15) is 5.82 Å². The highest BCUT2D eigenvalue weighted by Gasteiger charge is 2.14. The monoisotopic (exact) mass is 204 g/mol. The van der Waals surface area contributed by atoms with E-state index in [4.69, 9.17) is 11.5 Å². The zero-order chi connectivity index (χ0) is 10.7. The Balaban J connectivity index is 3.08. The predicted molar refractivity (Wildman–Crippen MR) is 47.3 cm³/mol. The van der Waals surface area contributed by atoms with Gasteiger partial charge in [0.2, 0.25) is 0 Å². The van der Waals surface area contributed by atoms with E-state index in [0.29, 0.717) is 0 Å². The van der Waals surface area contributed by atoms with Crippen molar-refractivity contribution in [3.05, 3.63) is 35.1 Å². The lowest BCUT2D eigenvalue weighted by Crippen LogP contribution is -2.22. The van der Waals surface area contributed by atoms with Crippen LogP contribution >= 0.6 is 0 Å². The van der Waals surface area contributed by atoms with E-state index in [9.17, 15) is 13.2 Å². The average Bonchev–Trinajstić information content (AvgIpc) is 2.17. The largest absolute Gasteiger partial charge is 0.329 e. The van der Waals surface area contributed by atoms with E-state index in [0.717, 1.165) is 18.2 Å². The quantitative estimate of drug-likeness (QED) is 0.787. The summed E-state index contributed by atoms with van der Waals surface area (Å²) in [7, 11) is 0. The Bertz CT molecular complexity index is 315. The fourth-order valence-corrected chi connectivity index (χ4v) is 1.11. The van der Waals surface area contributed by atoms with Crippen molar-refractivity contribution in [1.82, 2.24) is 0 Å². The minimum atomic E-state index is -2.63. The molecule has 1 atom stereocenters. The van der Waals surface area contributed by atoms with Crippen LogP contribution in [0.1, 0.15) is 23.6 Å². The molecule has 1 aromatic carbocycles. The molecular weight excluding hydrogens is 193 g/mol. The van der Waals surface area contributed by atoms with Crippen molar-refractivity contribution in [1.29, 1.82) is 0 Å². The second-order valence-electron chi connectivity index (χ2n) is 2.92. The smallest absolute Gasteiger partial charge is 0.263 e. The van der Waals surface area contributed by atoms with Gasteiger partial charge >= 0.3 is 0 Å². The normalized spacial score (nSPS) is 13.3. The highest BCUT2D eigenvalue weighted by Crippen LogP contribution is 2.23. The van der Waals surface area contributed by atoms with E-state index in [-0.39, 0.29) is 17.7 Å². The molecule has 5 heteroatoms. The Labute approximate surface area is 79.7 Å². The molecule has 14 heavy (non-hydrogen) atoms. The van der Waals surface area contributed by atoms with E-state index >= 15 is 0 Å². The lowest BCUT2D eigenvalue weighted by Gasteiger charge is -2.11. The van der Waals surface area contributed by atoms with Gasteiger partial charge in [0.15, 0.2) is 0 Å². The Kier molecular flexibility index (Phi) is 3.49. The van der Waals surface area contributed by atoms with Gasteiger partial charge in [0.25, 0.3) is 6.43 Å². The molecule has 0 aliphatic carbocycles. The molecular formula is C9H11F3N2. The summed E-state index contributed by atoms with van der Waals surface area (Å²) in [6.07, 6.45) is -2.63. The van der Waals surface area contributed by atoms with Gasteiger partial charge in [0, 0.05) is 23.7 Å². The molecule has 0 radical (unpaired) electrons. The maximum absolute atomic E-state index is 13.1. The number of hydrogen-bond acceptors (Lipinski definition) is 2. The van der Waals surface area contributed by atoms with Crippen molar-refractivity contribution in [2.24, 2.45) is 11.5 Å². The van der Waals surface area contributed by atoms with Gasteiger partial charge in [-0.1, -0.05) is 6.07 Å². The topological polar surface area (TPSA) is 52.0 Å². The van der Waals surface area contributed by atoms with Crippen molar-refractivity contribution in [3.8, 4) is 0 Å². The van der Waals surface area contributed by atoms with E-state index in [1.165, 1.54) is 0 Å². The molecule has 1 rings (SSSR count). The third kappa shape index (κ3) is 2.24. The molecule has 0 amide bonds. The Morgan fingerprint density at radius 1 is 1.29 bits per heavy atom. The third-order valence-electron chi connectivity index (χ3n) is 1.93. The van der Waals surface area contributed by atoms with Crippen LogP contribution in [0.2, 0.25) is 0 Å².